The van der Waals surface area contributed by atoms with E-state index in [-0.39, 0.29) is 46.7 Å². The smallest absolute Gasteiger partial charge is 0.143 e. The van der Waals surface area contributed by atoms with E-state index in [9.17, 15) is 11.0 Å². The van der Waals surface area contributed by atoms with Gasteiger partial charge in [-0.1, -0.05) is 188 Å². The molecule has 0 aliphatic heterocycles. The summed E-state index contributed by atoms with van der Waals surface area (Å²) < 4.78 is 83.2. The highest BCUT2D eigenvalue weighted by atomic mass is 16.3. The Bertz CT molecular complexity index is 3690. The van der Waals surface area contributed by atoms with Gasteiger partial charge in [-0.3, -0.25) is 0 Å². The molecule has 0 amide bonds. The maximum Gasteiger partial charge on any atom is 0.143 e. The molecule has 0 N–H and O–H groups in total. The molecule has 0 radical (unpaired) electrons. The second-order valence-corrected chi connectivity index (χ2v) is 14.2. The van der Waals surface area contributed by atoms with Crippen molar-refractivity contribution in [2.75, 3.05) is 4.90 Å². The summed E-state index contributed by atoms with van der Waals surface area (Å²) in [7, 11) is 0. The predicted molar refractivity (Wildman–Crippen MR) is 245 cm³/mol. The van der Waals surface area contributed by atoms with Crippen LogP contribution >= 0.6 is 0 Å². The summed E-state index contributed by atoms with van der Waals surface area (Å²) >= 11 is 0. The first-order valence-corrected chi connectivity index (χ1v) is 19.2. The second-order valence-electron chi connectivity index (χ2n) is 14.2. The molecular weight excluding hydrogens is 703 g/mol. The summed E-state index contributed by atoms with van der Waals surface area (Å²) in [6.45, 7) is 0. The van der Waals surface area contributed by atoms with E-state index in [4.69, 9.17) is 4.42 Å². The Labute approximate surface area is 348 Å². The minimum absolute atomic E-state index is 0.0877. The van der Waals surface area contributed by atoms with Gasteiger partial charge in [0.05, 0.1) is 16.7 Å². The monoisotopic (exact) mass is 747 g/mol. The van der Waals surface area contributed by atoms with Gasteiger partial charge in [-0.15, -0.1) is 0 Å². The second kappa shape index (κ2) is 14.1. The first-order chi connectivity index (χ1) is 32.1. The van der Waals surface area contributed by atoms with Crippen LogP contribution in [0.5, 0.6) is 0 Å². The minimum Gasteiger partial charge on any atom is -0.455 e. The van der Waals surface area contributed by atoms with Crippen LogP contribution in [0.2, 0.25) is 0 Å². The molecule has 2 nitrogen and oxygen atoms in total. The molecule has 0 unspecified atom stereocenters. The molecule has 0 fully saturated rings. The van der Waals surface area contributed by atoms with E-state index in [0.717, 1.165) is 43.4 Å². The fraction of sp³-hybridized carbons (Fsp3) is 0. The molecule has 0 aliphatic rings. The molecule has 272 valence electrons. The molecule has 11 aromatic rings. The van der Waals surface area contributed by atoms with Crippen LogP contribution < -0.4 is 4.90 Å². The summed E-state index contributed by atoms with van der Waals surface area (Å²) in [6, 6.07) is 52.6. The molecule has 11 rings (SSSR count). The van der Waals surface area contributed by atoms with E-state index in [2.05, 4.69) is 24.3 Å². The summed E-state index contributed by atoms with van der Waals surface area (Å²) in [4.78, 5) is 1.37. The van der Waals surface area contributed by atoms with Gasteiger partial charge in [0.1, 0.15) is 11.2 Å². The van der Waals surface area contributed by atoms with E-state index in [1.807, 2.05) is 103 Å². The quantitative estimate of drug-likeness (QED) is 0.161. The van der Waals surface area contributed by atoms with Gasteiger partial charge in [0, 0.05) is 38.7 Å². The minimum atomic E-state index is -0.420. The molecule has 0 saturated heterocycles. The van der Waals surface area contributed by atoms with E-state index in [0.29, 0.717) is 39.1 Å². The van der Waals surface area contributed by atoms with E-state index < -0.39 is 24.2 Å². The lowest BCUT2D eigenvalue weighted by Crippen LogP contribution is -2.11. The third-order valence-corrected chi connectivity index (χ3v) is 10.8. The Morgan fingerprint density at radius 1 is 0.310 bits per heavy atom. The van der Waals surface area contributed by atoms with Gasteiger partial charge in [-0.2, -0.15) is 0 Å². The SMILES string of the molecule is [2H]c1c([2H])c(N(c2ccccc2-c2cccc3c2oc2c4ccccc4ccc32)c2c([2H])c([2H])c(-c3ccc(-c4cccc5ccccc45)cc3)c([2H])c2[2H])c([2H])c([2H])c1-c1ccccc1. The molecule has 2 heteroatoms. The first kappa shape index (κ1) is 26.2. The molecule has 58 heavy (non-hydrogen) atoms. The summed E-state index contributed by atoms with van der Waals surface area (Å²) in [5.74, 6) is 0. The molecule has 1 aromatic heterocycles. The Hall–Kier alpha value is -7.68. The van der Waals surface area contributed by atoms with Crippen molar-refractivity contribution in [3.8, 4) is 44.5 Å². The van der Waals surface area contributed by atoms with Crippen molar-refractivity contribution in [2.24, 2.45) is 0 Å². The number of fused-ring (bicyclic) bond motifs is 6. The lowest BCUT2D eigenvalue weighted by atomic mass is 9.96. The number of anilines is 3. The fourth-order valence-electron chi connectivity index (χ4n) is 8.01. The number of furan rings is 1. The van der Waals surface area contributed by atoms with Crippen LogP contribution in [0.15, 0.2) is 229 Å². The highest BCUT2D eigenvalue weighted by molar-refractivity contribution is 6.17. The van der Waals surface area contributed by atoms with Gasteiger partial charge in [0.15, 0.2) is 0 Å². The van der Waals surface area contributed by atoms with Gasteiger partial charge in [-0.25, -0.2) is 0 Å². The van der Waals surface area contributed by atoms with Crippen molar-refractivity contribution in [3.05, 3.63) is 224 Å². The van der Waals surface area contributed by atoms with Crippen molar-refractivity contribution >= 4 is 60.5 Å². The molecule has 1 heterocycles. The molecule has 0 saturated carbocycles. The van der Waals surface area contributed by atoms with E-state index in [1.54, 1.807) is 48.5 Å². The molecular formula is C56H37NO. The van der Waals surface area contributed by atoms with Crippen molar-refractivity contribution < 1.29 is 15.4 Å². The molecule has 10 aromatic carbocycles. The predicted octanol–water partition coefficient (Wildman–Crippen LogP) is 16.0. The van der Waals surface area contributed by atoms with Crippen LogP contribution in [0.3, 0.4) is 0 Å². The largest absolute Gasteiger partial charge is 0.455 e. The lowest BCUT2D eigenvalue weighted by Gasteiger charge is -2.28. The lowest BCUT2D eigenvalue weighted by molar-refractivity contribution is 0.674. The van der Waals surface area contributed by atoms with Crippen LogP contribution in [0.4, 0.5) is 17.1 Å². The van der Waals surface area contributed by atoms with Crippen molar-refractivity contribution in [1.29, 1.82) is 0 Å². The van der Waals surface area contributed by atoms with Crippen LogP contribution in [-0.4, -0.2) is 0 Å². The van der Waals surface area contributed by atoms with Gasteiger partial charge >= 0.3 is 0 Å². The van der Waals surface area contributed by atoms with Crippen LogP contribution in [-0.2, 0) is 0 Å². The number of para-hydroxylation sites is 2. The number of hydrogen-bond acceptors (Lipinski definition) is 2. The van der Waals surface area contributed by atoms with Crippen LogP contribution in [0.1, 0.15) is 11.0 Å². The van der Waals surface area contributed by atoms with Gasteiger partial charge in [0.2, 0.25) is 0 Å². The van der Waals surface area contributed by atoms with Crippen molar-refractivity contribution in [2.45, 2.75) is 0 Å². The number of rotatable bonds is 7. The van der Waals surface area contributed by atoms with E-state index in [1.165, 1.54) is 4.90 Å². The van der Waals surface area contributed by atoms with Gasteiger partial charge in [-0.05, 0) is 85.8 Å². The molecule has 0 bridgehead atoms. The highest BCUT2D eigenvalue weighted by Crippen LogP contribution is 2.45. The third-order valence-electron chi connectivity index (χ3n) is 10.8. The Kier molecular flexibility index (Phi) is 6.38. The summed E-state index contributed by atoms with van der Waals surface area (Å²) in [5, 5.41) is 5.91. The van der Waals surface area contributed by atoms with E-state index >= 15 is 0 Å². The Morgan fingerprint density at radius 3 is 1.55 bits per heavy atom. The Morgan fingerprint density at radius 2 is 0.810 bits per heavy atom. The van der Waals surface area contributed by atoms with Gasteiger partial charge in [0.25, 0.3) is 0 Å². The summed E-state index contributed by atoms with van der Waals surface area (Å²) in [5.41, 5.74) is 5.42. The van der Waals surface area contributed by atoms with Gasteiger partial charge < -0.3 is 9.32 Å². The molecule has 0 spiro atoms. The maximum absolute atomic E-state index is 9.73. The van der Waals surface area contributed by atoms with Crippen LogP contribution in [0.25, 0.3) is 88.0 Å². The summed E-state index contributed by atoms with van der Waals surface area (Å²) in [6.07, 6.45) is 0. The van der Waals surface area contributed by atoms with Crippen molar-refractivity contribution in [3.63, 3.8) is 0 Å². The zero-order chi connectivity index (χ0) is 45.4. The maximum atomic E-state index is 9.73. The number of benzene rings is 10. The molecule has 0 aliphatic carbocycles. The standard InChI is InChI=1S/C56H37NO/c1-2-12-38(13-3-1)40-28-33-45(34-29-40)57(46-35-30-41(31-36-46)39-24-26-44(27-25-39)48-20-10-16-42-14-4-6-17-47(42)48)54-23-9-8-19-50(54)51-21-11-22-52-53-37-32-43-15-5-7-18-49(43)55(53)58-56(51)52/h1-37H/i28D,29D,30D,31D,33D,34D,35D,36D. The number of hydrogen-bond donors (Lipinski definition) is 0. The van der Waals surface area contributed by atoms with Crippen LogP contribution in [0, 0.1) is 0 Å². The first-order valence-electron chi connectivity index (χ1n) is 23.2. The zero-order valence-electron chi connectivity index (χ0n) is 39.1. The highest BCUT2D eigenvalue weighted by Gasteiger charge is 2.21. The normalized spacial score (nSPS) is 13.4. The average molecular weight is 748 g/mol. The Balaban J connectivity index is 1.15. The average Bonchev–Trinajstić information content (AvgIpc) is 3.75. The topological polar surface area (TPSA) is 16.4 Å². The molecule has 0 atom stereocenters. The third kappa shape index (κ3) is 5.82. The number of nitrogens with zero attached hydrogens (tertiary/aromatic N) is 1. The zero-order valence-corrected chi connectivity index (χ0v) is 31.1. The van der Waals surface area contributed by atoms with Crippen molar-refractivity contribution in [1.82, 2.24) is 0 Å². The fourth-order valence-corrected chi connectivity index (χ4v) is 8.01.